The van der Waals surface area contributed by atoms with Crippen molar-refractivity contribution >= 4 is 28.9 Å². The van der Waals surface area contributed by atoms with E-state index in [0.717, 1.165) is 22.6 Å². The molecule has 1 amide bonds. The van der Waals surface area contributed by atoms with Crippen LogP contribution in [0.25, 0.3) is 5.69 Å². The summed E-state index contributed by atoms with van der Waals surface area (Å²) in [7, 11) is 0. The monoisotopic (exact) mass is 531 g/mol. The van der Waals surface area contributed by atoms with Crippen molar-refractivity contribution in [2.45, 2.75) is 32.4 Å². The zero-order chi connectivity index (χ0) is 26.8. The van der Waals surface area contributed by atoms with Crippen LogP contribution in [-0.2, 0) is 4.79 Å². The van der Waals surface area contributed by atoms with Crippen LogP contribution in [0.15, 0.2) is 79.0 Å². The summed E-state index contributed by atoms with van der Waals surface area (Å²) in [6, 6.07) is 19.9. The van der Waals surface area contributed by atoms with E-state index in [1.807, 2.05) is 47.6 Å². The van der Waals surface area contributed by atoms with Crippen molar-refractivity contribution in [3.63, 3.8) is 0 Å². The Bertz CT molecular complexity index is 1490. The highest BCUT2D eigenvalue weighted by Gasteiger charge is 2.41. The number of pyridine rings is 1. The Hall–Kier alpha value is -4.11. The number of benzene rings is 2. The highest BCUT2D eigenvalue weighted by atomic mass is 32.1. The number of halogens is 2. The van der Waals surface area contributed by atoms with Gasteiger partial charge in [0, 0.05) is 30.6 Å². The van der Waals surface area contributed by atoms with Crippen LogP contribution in [-0.4, -0.2) is 32.0 Å². The molecule has 0 aliphatic carbocycles. The van der Waals surface area contributed by atoms with Crippen LogP contribution < -0.4 is 10.6 Å². The molecule has 1 saturated heterocycles. The number of rotatable bonds is 7. The quantitative estimate of drug-likeness (QED) is 0.297. The maximum absolute atomic E-state index is 14.8. The SMILES string of the molecule is Cc1cc([C@@H]2[C@H](c3ccccn3)NC(=S)N2CCC(=O)Nc2ccccc2F)c(C)n1-c1ccccc1F. The fraction of sp³-hybridized carbons (Fsp3) is 0.207. The van der Waals surface area contributed by atoms with Gasteiger partial charge >= 0.3 is 0 Å². The molecule has 5 rings (SSSR count). The molecule has 0 unspecified atom stereocenters. The molecule has 2 N–H and O–H groups in total. The number of nitrogens with one attached hydrogen (secondary N) is 2. The van der Waals surface area contributed by atoms with E-state index in [-0.39, 0.29) is 35.9 Å². The lowest BCUT2D eigenvalue weighted by molar-refractivity contribution is -0.116. The number of hydrogen-bond acceptors (Lipinski definition) is 3. The van der Waals surface area contributed by atoms with Crippen LogP contribution in [0.4, 0.5) is 14.5 Å². The average molecular weight is 532 g/mol. The first-order chi connectivity index (χ1) is 18.3. The molecule has 1 aliphatic rings. The van der Waals surface area contributed by atoms with E-state index >= 15 is 0 Å². The van der Waals surface area contributed by atoms with Crippen molar-refractivity contribution < 1.29 is 13.6 Å². The van der Waals surface area contributed by atoms with E-state index in [1.54, 1.807) is 36.5 Å². The van der Waals surface area contributed by atoms with Crippen LogP contribution in [0.3, 0.4) is 0 Å². The number of amides is 1. The minimum absolute atomic E-state index is 0.0909. The van der Waals surface area contributed by atoms with E-state index in [4.69, 9.17) is 12.2 Å². The highest BCUT2D eigenvalue weighted by molar-refractivity contribution is 7.80. The van der Waals surface area contributed by atoms with Gasteiger partial charge in [-0.1, -0.05) is 30.3 Å². The molecule has 1 aliphatic heterocycles. The second-order valence-corrected chi connectivity index (χ2v) is 9.60. The molecule has 0 bridgehead atoms. The molecule has 0 spiro atoms. The van der Waals surface area contributed by atoms with Crippen molar-refractivity contribution in [3.05, 3.63) is 113 Å². The number of para-hydroxylation sites is 2. The van der Waals surface area contributed by atoms with Gasteiger partial charge in [-0.05, 0) is 74.1 Å². The summed E-state index contributed by atoms with van der Waals surface area (Å²) in [5, 5.41) is 6.50. The van der Waals surface area contributed by atoms with E-state index < -0.39 is 5.82 Å². The Balaban J connectivity index is 1.48. The third kappa shape index (κ3) is 4.89. The summed E-state index contributed by atoms with van der Waals surface area (Å²) in [5.41, 5.74) is 4.09. The lowest BCUT2D eigenvalue weighted by atomic mass is 9.96. The first-order valence-electron chi connectivity index (χ1n) is 12.3. The Morgan fingerprint density at radius 2 is 1.74 bits per heavy atom. The number of aryl methyl sites for hydroxylation is 1. The van der Waals surface area contributed by atoms with Crippen LogP contribution in [0, 0.1) is 25.5 Å². The average Bonchev–Trinajstić information content (AvgIpc) is 3.39. The molecule has 2 aromatic carbocycles. The van der Waals surface area contributed by atoms with Gasteiger partial charge in [-0.25, -0.2) is 8.78 Å². The normalized spacial score (nSPS) is 16.9. The van der Waals surface area contributed by atoms with Gasteiger partial charge in [0.05, 0.1) is 29.2 Å². The van der Waals surface area contributed by atoms with Gasteiger partial charge in [0.1, 0.15) is 11.6 Å². The number of nitrogens with zero attached hydrogens (tertiary/aromatic N) is 3. The molecule has 0 saturated carbocycles. The predicted octanol–water partition coefficient (Wildman–Crippen LogP) is 5.77. The number of carbonyl (C=O) groups excluding carboxylic acids is 1. The largest absolute Gasteiger partial charge is 0.352 e. The Labute approximate surface area is 225 Å². The Morgan fingerprint density at radius 3 is 2.45 bits per heavy atom. The molecule has 194 valence electrons. The zero-order valence-corrected chi connectivity index (χ0v) is 21.8. The lowest BCUT2D eigenvalue weighted by Gasteiger charge is -2.28. The molecule has 9 heteroatoms. The van der Waals surface area contributed by atoms with Crippen molar-refractivity contribution in [1.29, 1.82) is 0 Å². The first kappa shape index (κ1) is 25.5. The summed E-state index contributed by atoms with van der Waals surface area (Å²) in [6.07, 6.45) is 1.82. The minimum Gasteiger partial charge on any atom is -0.352 e. The third-order valence-electron chi connectivity index (χ3n) is 6.81. The number of aromatic nitrogens is 2. The standard InChI is InChI=1S/C29H27F2N5OS/c1-18-17-20(19(2)36(18)25-13-6-4-10-22(25)31)28-27(24-12-7-8-15-32-24)34-29(38)35(28)16-14-26(37)33-23-11-5-3-9-21(23)30/h3-13,15,17,27-28H,14,16H2,1-2H3,(H,33,37)(H,34,38)/t27-,28+/m0/s1. The summed E-state index contributed by atoms with van der Waals surface area (Å²) < 4.78 is 30.7. The van der Waals surface area contributed by atoms with E-state index in [9.17, 15) is 13.6 Å². The smallest absolute Gasteiger partial charge is 0.226 e. The third-order valence-corrected chi connectivity index (χ3v) is 7.16. The maximum atomic E-state index is 14.8. The van der Waals surface area contributed by atoms with Crippen molar-refractivity contribution in [3.8, 4) is 5.69 Å². The first-order valence-corrected chi connectivity index (χ1v) is 12.7. The van der Waals surface area contributed by atoms with Crippen molar-refractivity contribution in [2.24, 2.45) is 0 Å². The minimum atomic E-state index is -0.493. The molecule has 0 radical (unpaired) electrons. The molecule has 38 heavy (non-hydrogen) atoms. The predicted molar refractivity (Wildman–Crippen MR) is 147 cm³/mol. The molecule has 3 heterocycles. The molecule has 6 nitrogen and oxygen atoms in total. The number of thiocarbonyl (C=S) groups is 1. The molecule has 4 aromatic rings. The van der Waals surface area contributed by atoms with Crippen LogP contribution in [0.5, 0.6) is 0 Å². The Kier molecular flexibility index (Phi) is 7.20. The van der Waals surface area contributed by atoms with Gasteiger partial charge in [-0.3, -0.25) is 9.78 Å². The van der Waals surface area contributed by atoms with Gasteiger partial charge in [0.25, 0.3) is 0 Å². The maximum Gasteiger partial charge on any atom is 0.226 e. The summed E-state index contributed by atoms with van der Waals surface area (Å²) in [5.74, 6) is -1.13. The van der Waals surface area contributed by atoms with E-state index in [0.29, 0.717) is 17.3 Å². The fourth-order valence-corrected chi connectivity index (χ4v) is 5.40. The van der Waals surface area contributed by atoms with Crippen LogP contribution in [0.2, 0.25) is 0 Å². The van der Waals surface area contributed by atoms with Gasteiger partial charge in [0.2, 0.25) is 5.91 Å². The second kappa shape index (κ2) is 10.7. The van der Waals surface area contributed by atoms with Crippen LogP contribution in [0.1, 0.15) is 41.1 Å². The van der Waals surface area contributed by atoms with E-state index in [2.05, 4.69) is 15.6 Å². The summed E-state index contributed by atoms with van der Waals surface area (Å²) >= 11 is 5.72. The van der Waals surface area contributed by atoms with Crippen molar-refractivity contribution in [1.82, 2.24) is 19.8 Å². The van der Waals surface area contributed by atoms with E-state index in [1.165, 1.54) is 18.2 Å². The van der Waals surface area contributed by atoms with Gasteiger partial charge in [0.15, 0.2) is 5.11 Å². The number of anilines is 1. The molecule has 2 aromatic heterocycles. The molecule has 2 atom stereocenters. The lowest BCUT2D eigenvalue weighted by Crippen LogP contribution is -2.33. The topological polar surface area (TPSA) is 62.2 Å². The zero-order valence-electron chi connectivity index (χ0n) is 21.0. The van der Waals surface area contributed by atoms with Gasteiger partial charge < -0.3 is 20.1 Å². The van der Waals surface area contributed by atoms with Crippen LogP contribution >= 0.6 is 12.2 Å². The van der Waals surface area contributed by atoms with Gasteiger partial charge in [-0.2, -0.15) is 0 Å². The fourth-order valence-electron chi connectivity index (χ4n) is 5.07. The highest BCUT2D eigenvalue weighted by Crippen LogP contribution is 2.41. The van der Waals surface area contributed by atoms with Crippen molar-refractivity contribution in [2.75, 3.05) is 11.9 Å². The Morgan fingerprint density at radius 1 is 1.03 bits per heavy atom. The number of carbonyl (C=O) groups is 1. The van der Waals surface area contributed by atoms with Gasteiger partial charge in [-0.15, -0.1) is 0 Å². The molecular formula is C29H27F2N5OS. The number of hydrogen-bond donors (Lipinski definition) is 2. The summed E-state index contributed by atoms with van der Waals surface area (Å²) in [4.78, 5) is 19.3. The molecule has 1 fully saturated rings. The molecular weight excluding hydrogens is 504 g/mol. The second-order valence-electron chi connectivity index (χ2n) is 9.21. The summed E-state index contributed by atoms with van der Waals surface area (Å²) in [6.45, 7) is 4.18.